The molecule has 0 radical (unpaired) electrons. The number of halogens is 1. The number of rotatable bonds is 4. The molecule has 0 spiro atoms. The molecule has 2 aromatic rings. The van der Waals surface area contributed by atoms with Crippen molar-refractivity contribution in [1.82, 2.24) is 9.97 Å². The highest BCUT2D eigenvalue weighted by Gasteiger charge is 2.21. The van der Waals surface area contributed by atoms with E-state index in [-0.39, 0.29) is 11.6 Å². The van der Waals surface area contributed by atoms with Crippen LogP contribution in [0, 0.1) is 17.1 Å². The van der Waals surface area contributed by atoms with Crippen LogP contribution in [-0.2, 0) is 0 Å². The fraction of sp³-hybridized carbons (Fsp3) is 0.389. The van der Waals surface area contributed by atoms with E-state index >= 15 is 0 Å². The number of hydrogen-bond acceptors (Lipinski definition) is 6. The minimum atomic E-state index is -0.475. The highest BCUT2D eigenvalue weighted by Crippen LogP contribution is 2.23. The van der Waals surface area contributed by atoms with Gasteiger partial charge in [0.05, 0.1) is 5.56 Å². The summed E-state index contributed by atoms with van der Waals surface area (Å²) in [6.45, 7) is 1.60. The number of anilines is 3. The molecule has 0 amide bonds. The number of hydrogen-bond donors (Lipinski definition) is 1. The average molecular weight is 340 g/mol. The van der Waals surface area contributed by atoms with Crippen molar-refractivity contribution in [3.8, 4) is 6.07 Å². The first-order valence-electron chi connectivity index (χ1n) is 8.28. The molecule has 0 saturated carbocycles. The van der Waals surface area contributed by atoms with Gasteiger partial charge in [-0.2, -0.15) is 10.2 Å². The van der Waals surface area contributed by atoms with Gasteiger partial charge in [0, 0.05) is 45.1 Å². The molecule has 1 atom stereocenters. The van der Waals surface area contributed by atoms with Crippen molar-refractivity contribution in [2.24, 2.45) is 0 Å². The molecule has 2 heterocycles. The van der Waals surface area contributed by atoms with Gasteiger partial charge in [-0.3, -0.25) is 0 Å². The largest absolute Gasteiger partial charge is 0.369 e. The van der Waals surface area contributed by atoms with Crippen molar-refractivity contribution in [2.45, 2.75) is 18.9 Å². The Kier molecular flexibility index (Phi) is 4.98. The molecular weight excluding hydrogens is 319 g/mol. The number of piperidine rings is 1. The Balaban J connectivity index is 1.70. The Hall–Kier alpha value is -2.88. The van der Waals surface area contributed by atoms with Gasteiger partial charge in [-0.25, -0.2) is 9.37 Å². The fourth-order valence-corrected chi connectivity index (χ4v) is 2.97. The Labute approximate surface area is 146 Å². The van der Waals surface area contributed by atoms with Gasteiger partial charge in [0.15, 0.2) is 0 Å². The molecule has 6 nitrogen and oxygen atoms in total. The summed E-state index contributed by atoms with van der Waals surface area (Å²) in [4.78, 5) is 12.8. The zero-order valence-electron chi connectivity index (χ0n) is 14.4. The molecule has 25 heavy (non-hydrogen) atoms. The molecule has 1 N–H and O–H groups in total. The lowest BCUT2D eigenvalue weighted by Crippen LogP contribution is -2.42. The smallest absolute Gasteiger partial charge is 0.224 e. The SMILES string of the molecule is CN(C)c1ccnc(NC2CCCN(c3ccc(C#N)c(F)c3)C2)n1. The van der Waals surface area contributed by atoms with E-state index in [0.29, 0.717) is 5.95 Å². The predicted molar refractivity (Wildman–Crippen MR) is 96.3 cm³/mol. The number of aromatic nitrogens is 2. The zero-order chi connectivity index (χ0) is 17.8. The van der Waals surface area contributed by atoms with E-state index in [0.717, 1.165) is 37.4 Å². The van der Waals surface area contributed by atoms with Gasteiger partial charge in [-0.1, -0.05) is 0 Å². The first kappa shape index (κ1) is 17.0. The average Bonchev–Trinajstić information content (AvgIpc) is 2.62. The maximum absolute atomic E-state index is 13.9. The molecule has 0 bridgehead atoms. The van der Waals surface area contributed by atoms with E-state index in [2.05, 4.69) is 20.2 Å². The second-order valence-electron chi connectivity index (χ2n) is 6.34. The van der Waals surface area contributed by atoms with Crippen molar-refractivity contribution in [3.63, 3.8) is 0 Å². The van der Waals surface area contributed by atoms with Gasteiger partial charge in [0.2, 0.25) is 5.95 Å². The Morgan fingerprint density at radius 1 is 1.36 bits per heavy atom. The highest BCUT2D eigenvalue weighted by atomic mass is 19.1. The van der Waals surface area contributed by atoms with Crippen LogP contribution in [0.2, 0.25) is 0 Å². The molecule has 7 heteroatoms. The summed E-state index contributed by atoms with van der Waals surface area (Å²) in [5.74, 6) is 0.973. The monoisotopic (exact) mass is 340 g/mol. The number of nitrogens with one attached hydrogen (secondary N) is 1. The third kappa shape index (κ3) is 3.97. The standard InChI is InChI=1S/C18H21FN6/c1-24(2)17-7-8-21-18(23-17)22-14-4-3-9-25(12-14)15-6-5-13(11-20)16(19)10-15/h5-8,10,14H,3-4,9,12H2,1-2H3,(H,21,22,23). The second-order valence-corrected chi connectivity index (χ2v) is 6.34. The lowest BCUT2D eigenvalue weighted by molar-refractivity contribution is 0.526. The molecule has 3 rings (SSSR count). The molecule has 1 saturated heterocycles. The zero-order valence-corrected chi connectivity index (χ0v) is 14.4. The van der Waals surface area contributed by atoms with E-state index in [1.165, 1.54) is 12.1 Å². The Morgan fingerprint density at radius 2 is 2.20 bits per heavy atom. The number of nitrogens with zero attached hydrogens (tertiary/aromatic N) is 5. The van der Waals surface area contributed by atoms with E-state index in [9.17, 15) is 4.39 Å². The van der Waals surface area contributed by atoms with E-state index < -0.39 is 5.82 Å². The third-order valence-electron chi connectivity index (χ3n) is 4.29. The summed E-state index contributed by atoms with van der Waals surface area (Å²) >= 11 is 0. The molecule has 1 aliphatic heterocycles. The molecule has 1 aromatic carbocycles. The van der Waals surface area contributed by atoms with Crippen molar-refractivity contribution < 1.29 is 4.39 Å². The first-order chi connectivity index (χ1) is 12.1. The van der Waals surface area contributed by atoms with E-state index in [1.54, 1.807) is 12.3 Å². The molecular formula is C18H21FN6. The van der Waals surface area contributed by atoms with Gasteiger partial charge >= 0.3 is 0 Å². The van der Waals surface area contributed by atoms with E-state index in [4.69, 9.17) is 5.26 Å². The normalized spacial score (nSPS) is 17.0. The summed E-state index contributed by atoms with van der Waals surface area (Å²) in [7, 11) is 3.88. The third-order valence-corrected chi connectivity index (χ3v) is 4.29. The lowest BCUT2D eigenvalue weighted by atomic mass is 10.0. The van der Waals surface area contributed by atoms with Crippen LogP contribution in [0.15, 0.2) is 30.5 Å². The number of nitriles is 1. The second kappa shape index (κ2) is 7.34. The van der Waals surface area contributed by atoms with Crippen molar-refractivity contribution in [3.05, 3.63) is 41.8 Å². The van der Waals surface area contributed by atoms with E-state index in [1.807, 2.05) is 31.1 Å². The van der Waals surface area contributed by atoms with Crippen molar-refractivity contribution >= 4 is 17.5 Å². The van der Waals surface area contributed by atoms with Crippen LogP contribution in [0.5, 0.6) is 0 Å². The number of benzene rings is 1. The van der Waals surface area contributed by atoms with Gasteiger partial charge in [-0.05, 0) is 37.1 Å². The van der Waals surface area contributed by atoms with Crippen LogP contribution in [0.1, 0.15) is 18.4 Å². The van der Waals surface area contributed by atoms with Crippen molar-refractivity contribution in [2.75, 3.05) is 42.3 Å². The predicted octanol–water partition coefficient (Wildman–Crippen LogP) is 2.63. The summed E-state index contributed by atoms with van der Waals surface area (Å²) in [6, 6.07) is 8.67. The van der Waals surface area contributed by atoms with Crippen molar-refractivity contribution in [1.29, 1.82) is 5.26 Å². The maximum Gasteiger partial charge on any atom is 0.224 e. The van der Waals surface area contributed by atoms with Gasteiger partial charge < -0.3 is 15.1 Å². The van der Waals surface area contributed by atoms with Gasteiger partial charge in [-0.15, -0.1) is 0 Å². The summed E-state index contributed by atoms with van der Waals surface area (Å²) in [6.07, 6.45) is 3.73. The quantitative estimate of drug-likeness (QED) is 0.923. The topological polar surface area (TPSA) is 68.1 Å². The summed E-state index contributed by atoms with van der Waals surface area (Å²) in [5, 5.41) is 12.2. The summed E-state index contributed by atoms with van der Waals surface area (Å²) in [5.41, 5.74) is 0.871. The molecule has 1 fully saturated rings. The van der Waals surface area contributed by atoms with Gasteiger partial charge in [0.25, 0.3) is 0 Å². The lowest BCUT2D eigenvalue weighted by Gasteiger charge is -2.35. The molecule has 1 unspecified atom stereocenters. The first-order valence-corrected chi connectivity index (χ1v) is 8.28. The Bertz CT molecular complexity index is 785. The molecule has 130 valence electrons. The minimum Gasteiger partial charge on any atom is -0.369 e. The summed E-state index contributed by atoms with van der Waals surface area (Å²) < 4.78 is 13.9. The van der Waals surface area contributed by atoms with Crippen LogP contribution in [0.3, 0.4) is 0 Å². The fourth-order valence-electron chi connectivity index (χ4n) is 2.97. The Morgan fingerprint density at radius 3 is 2.92 bits per heavy atom. The molecule has 1 aromatic heterocycles. The molecule has 1 aliphatic rings. The minimum absolute atomic E-state index is 0.0735. The van der Waals surface area contributed by atoms with Crippen LogP contribution >= 0.6 is 0 Å². The maximum atomic E-state index is 13.9. The highest BCUT2D eigenvalue weighted by molar-refractivity contribution is 5.51. The van der Waals surface area contributed by atoms with Crippen LogP contribution in [-0.4, -0.2) is 43.2 Å². The van der Waals surface area contributed by atoms with Crippen LogP contribution < -0.4 is 15.1 Å². The van der Waals surface area contributed by atoms with Gasteiger partial charge in [0.1, 0.15) is 17.7 Å². The van der Waals surface area contributed by atoms with Crippen LogP contribution in [0.4, 0.5) is 21.8 Å². The molecule has 0 aliphatic carbocycles. The van der Waals surface area contributed by atoms with Crippen LogP contribution in [0.25, 0.3) is 0 Å².